The number of nitrogens with one attached hydrogen (secondary N) is 1. The predicted molar refractivity (Wildman–Crippen MR) is 90.7 cm³/mol. The smallest absolute Gasteiger partial charge is 0.255 e. The largest absolute Gasteiger partial charge is 0.328 e. The van der Waals surface area contributed by atoms with Crippen LogP contribution in [0.25, 0.3) is 0 Å². The number of carbonyl (C=O) groups is 1. The molecule has 2 heterocycles. The van der Waals surface area contributed by atoms with Crippen LogP contribution >= 0.6 is 11.6 Å². The Morgan fingerprint density at radius 1 is 1.22 bits per heavy atom. The van der Waals surface area contributed by atoms with Crippen molar-refractivity contribution in [3.05, 3.63) is 64.4 Å². The summed E-state index contributed by atoms with van der Waals surface area (Å²) >= 11 is 5.77. The van der Waals surface area contributed by atoms with Crippen molar-refractivity contribution in [1.29, 1.82) is 0 Å². The fraction of sp³-hybridized carbons (Fsp3) is 0.333. The van der Waals surface area contributed by atoms with Crippen molar-refractivity contribution < 1.29 is 9.69 Å². The van der Waals surface area contributed by atoms with Crippen molar-refractivity contribution in [2.75, 3.05) is 26.2 Å². The molecule has 0 atom stereocenters. The average molecular weight is 331 g/mol. The minimum absolute atomic E-state index is 0.0455. The molecule has 1 saturated heterocycles. The number of hydrogen-bond donors (Lipinski definition) is 1. The second-order valence-electron chi connectivity index (χ2n) is 6.02. The minimum Gasteiger partial charge on any atom is -0.328 e. The molecule has 1 amide bonds. The average Bonchev–Trinajstić information content (AvgIpc) is 2.58. The number of halogens is 1. The molecule has 4 nitrogen and oxygen atoms in total. The van der Waals surface area contributed by atoms with Gasteiger partial charge in [0, 0.05) is 11.8 Å². The van der Waals surface area contributed by atoms with Crippen LogP contribution in [0.3, 0.4) is 0 Å². The molecule has 0 unspecified atom stereocenters. The summed E-state index contributed by atoms with van der Waals surface area (Å²) in [7, 11) is 0. The van der Waals surface area contributed by atoms with Gasteiger partial charge in [0.25, 0.3) is 5.91 Å². The minimum atomic E-state index is 0.0455. The van der Waals surface area contributed by atoms with E-state index in [9.17, 15) is 4.79 Å². The third-order valence-electron chi connectivity index (χ3n) is 4.43. The molecule has 0 saturated carbocycles. The number of quaternary nitrogens is 1. The maximum Gasteiger partial charge on any atom is 0.255 e. The van der Waals surface area contributed by atoms with Crippen LogP contribution in [0.4, 0.5) is 0 Å². The molecule has 5 heteroatoms. The first-order valence-corrected chi connectivity index (χ1v) is 8.30. The molecule has 0 radical (unpaired) electrons. The third kappa shape index (κ3) is 3.89. The van der Waals surface area contributed by atoms with Crippen molar-refractivity contribution in [2.24, 2.45) is 0 Å². The summed E-state index contributed by atoms with van der Waals surface area (Å²) in [5.41, 5.74) is 3.34. The van der Waals surface area contributed by atoms with Crippen LogP contribution in [0.2, 0.25) is 5.15 Å². The lowest BCUT2D eigenvalue weighted by molar-refractivity contribution is -0.917. The topological polar surface area (TPSA) is 37.6 Å². The zero-order valence-corrected chi connectivity index (χ0v) is 14.0. The first-order valence-electron chi connectivity index (χ1n) is 7.92. The van der Waals surface area contributed by atoms with Gasteiger partial charge in [-0.15, -0.1) is 0 Å². The van der Waals surface area contributed by atoms with E-state index in [4.69, 9.17) is 11.6 Å². The highest BCUT2D eigenvalue weighted by atomic mass is 35.5. The number of nitrogens with zero attached hydrogens (tertiary/aromatic N) is 2. The highest BCUT2D eigenvalue weighted by molar-refractivity contribution is 6.29. The molecule has 0 spiro atoms. The van der Waals surface area contributed by atoms with Gasteiger partial charge in [0.2, 0.25) is 0 Å². The van der Waals surface area contributed by atoms with E-state index in [0.717, 1.165) is 32.7 Å². The fourth-order valence-electron chi connectivity index (χ4n) is 2.97. The second-order valence-corrected chi connectivity index (χ2v) is 6.40. The van der Waals surface area contributed by atoms with E-state index in [1.54, 1.807) is 18.3 Å². The van der Waals surface area contributed by atoms with Gasteiger partial charge < -0.3 is 9.80 Å². The van der Waals surface area contributed by atoms with Crippen molar-refractivity contribution in [1.82, 2.24) is 9.88 Å². The Morgan fingerprint density at radius 2 is 1.96 bits per heavy atom. The first-order chi connectivity index (χ1) is 11.1. The summed E-state index contributed by atoms with van der Waals surface area (Å²) in [4.78, 5) is 19.9. The number of amides is 1. The maximum absolute atomic E-state index is 12.5. The molecule has 3 rings (SSSR count). The number of hydrogen-bond acceptors (Lipinski definition) is 2. The lowest BCUT2D eigenvalue weighted by Crippen LogP contribution is -3.13. The number of rotatable bonds is 3. The van der Waals surface area contributed by atoms with Crippen molar-refractivity contribution >= 4 is 17.5 Å². The zero-order chi connectivity index (χ0) is 16.2. The number of aromatic nitrogens is 1. The van der Waals surface area contributed by atoms with Gasteiger partial charge in [-0.25, -0.2) is 4.98 Å². The van der Waals surface area contributed by atoms with Gasteiger partial charge in [0.05, 0.1) is 31.7 Å². The molecule has 1 aromatic carbocycles. The van der Waals surface area contributed by atoms with Crippen LogP contribution in [-0.4, -0.2) is 42.0 Å². The van der Waals surface area contributed by atoms with E-state index in [2.05, 4.69) is 36.2 Å². The SMILES string of the molecule is Cc1ccccc1C[NH+]1CCN(C(=O)c2ccc(Cl)nc2)CC1. The van der Waals surface area contributed by atoms with Crippen LogP contribution in [0, 0.1) is 6.92 Å². The monoisotopic (exact) mass is 330 g/mol. The first kappa shape index (κ1) is 16.0. The third-order valence-corrected chi connectivity index (χ3v) is 4.66. The highest BCUT2D eigenvalue weighted by Crippen LogP contribution is 2.09. The van der Waals surface area contributed by atoms with Crippen LogP contribution in [0.5, 0.6) is 0 Å². The molecule has 23 heavy (non-hydrogen) atoms. The van der Waals surface area contributed by atoms with Gasteiger partial charge >= 0.3 is 0 Å². The lowest BCUT2D eigenvalue weighted by atomic mass is 10.1. The maximum atomic E-state index is 12.5. The Morgan fingerprint density at radius 3 is 2.61 bits per heavy atom. The van der Waals surface area contributed by atoms with Crippen molar-refractivity contribution in [3.8, 4) is 0 Å². The molecule has 2 aromatic rings. The molecule has 1 aliphatic rings. The number of benzene rings is 1. The van der Waals surface area contributed by atoms with Gasteiger partial charge in [-0.1, -0.05) is 35.9 Å². The molecule has 1 fully saturated rings. The van der Waals surface area contributed by atoms with Crippen LogP contribution in [-0.2, 0) is 6.54 Å². The molecule has 1 aliphatic heterocycles. The lowest BCUT2D eigenvalue weighted by Gasteiger charge is -2.32. The summed E-state index contributed by atoms with van der Waals surface area (Å²) in [6.45, 7) is 6.69. The molecular formula is C18H21ClN3O+. The van der Waals surface area contributed by atoms with E-state index in [1.165, 1.54) is 16.0 Å². The normalized spacial score (nSPS) is 15.7. The second kappa shape index (κ2) is 7.11. The fourth-order valence-corrected chi connectivity index (χ4v) is 3.08. The van der Waals surface area contributed by atoms with E-state index in [0.29, 0.717) is 10.7 Å². The molecule has 0 bridgehead atoms. The van der Waals surface area contributed by atoms with Crippen molar-refractivity contribution in [3.63, 3.8) is 0 Å². The van der Waals surface area contributed by atoms with E-state index < -0.39 is 0 Å². The summed E-state index contributed by atoms with van der Waals surface area (Å²) in [6, 6.07) is 11.9. The van der Waals surface area contributed by atoms with E-state index >= 15 is 0 Å². The number of pyridine rings is 1. The van der Waals surface area contributed by atoms with Gasteiger partial charge in [-0.3, -0.25) is 4.79 Å². The number of piperazine rings is 1. The van der Waals surface area contributed by atoms with Crippen molar-refractivity contribution in [2.45, 2.75) is 13.5 Å². The van der Waals surface area contributed by atoms with Crippen LogP contribution in [0.1, 0.15) is 21.5 Å². The number of aryl methyl sites for hydroxylation is 1. The molecular weight excluding hydrogens is 310 g/mol. The number of carbonyl (C=O) groups excluding carboxylic acids is 1. The van der Waals surface area contributed by atoms with Crippen LogP contribution < -0.4 is 4.90 Å². The van der Waals surface area contributed by atoms with Gasteiger partial charge in [-0.2, -0.15) is 0 Å². The Hall–Kier alpha value is -1.91. The van der Waals surface area contributed by atoms with Gasteiger partial charge in [0.15, 0.2) is 0 Å². The standard InChI is InChI=1S/C18H20ClN3O/c1-14-4-2-3-5-16(14)13-21-8-10-22(11-9-21)18(23)15-6-7-17(19)20-12-15/h2-7,12H,8-11,13H2,1H3/p+1. The summed E-state index contributed by atoms with van der Waals surface area (Å²) < 4.78 is 0. The predicted octanol–water partition coefficient (Wildman–Crippen LogP) is 1.58. The van der Waals surface area contributed by atoms with Gasteiger partial charge in [0.1, 0.15) is 11.7 Å². The zero-order valence-electron chi connectivity index (χ0n) is 13.3. The Labute approximate surface area is 141 Å². The van der Waals surface area contributed by atoms with E-state index in [1.807, 2.05) is 4.90 Å². The summed E-state index contributed by atoms with van der Waals surface area (Å²) in [6.07, 6.45) is 1.55. The molecule has 1 N–H and O–H groups in total. The Bertz CT molecular complexity index is 679. The van der Waals surface area contributed by atoms with Crippen LogP contribution in [0.15, 0.2) is 42.6 Å². The van der Waals surface area contributed by atoms with Gasteiger partial charge in [-0.05, 0) is 24.6 Å². The molecule has 120 valence electrons. The Kier molecular flexibility index (Phi) is 4.94. The quantitative estimate of drug-likeness (QED) is 0.868. The summed E-state index contributed by atoms with van der Waals surface area (Å²) in [5.74, 6) is 0.0455. The molecule has 1 aromatic heterocycles. The Balaban J connectivity index is 1.57. The summed E-state index contributed by atoms with van der Waals surface area (Å²) in [5, 5.41) is 0.411. The van der Waals surface area contributed by atoms with E-state index in [-0.39, 0.29) is 5.91 Å². The molecule has 0 aliphatic carbocycles. The highest BCUT2D eigenvalue weighted by Gasteiger charge is 2.24.